The highest BCUT2D eigenvalue weighted by Crippen LogP contribution is 2.62. The number of amides is 1. The fourth-order valence-electron chi connectivity index (χ4n) is 6.46. The number of carbonyl (C=O) groups excluding carboxylic acids is 1. The van der Waals surface area contributed by atoms with Crippen molar-refractivity contribution in [3.8, 4) is 11.3 Å². The lowest BCUT2D eigenvalue weighted by Gasteiger charge is -2.52. The van der Waals surface area contributed by atoms with Gasteiger partial charge in [0.15, 0.2) is 5.13 Å². The lowest BCUT2D eigenvalue weighted by Crippen LogP contribution is -2.48. The van der Waals surface area contributed by atoms with Gasteiger partial charge in [-0.1, -0.05) is 73.7 Å². The van der Waals surface area contributed by atoms with E-state index >= 15 is 0 Å². The number of carbonyl (C=O) groups is 1. The van der Waals surface area contributed by atoms with Crippen molar-refractivity contribution in [2.24, 2.45) is 5.41 Å². The molecular formula is C31H24N2O3S. The Morgan fingerprint density at radius 2 is 1.65 bits per heavy atom. The molecule has 0 spiro atoms. The van der Waals surface area contributed by atoms with Crippen LogP contribution in [0.5, 0.6) is 0 Å². The Morgan fingerprint density at radius 1 is 1.00 bits per heavy atom. The number of hydrogen-bond acceptors (Lipinski definition) is 5. The Bertz CT molecular complexity index is 1710. The van der Waals surface area contributed by atoms with E-state index in [0.29, 0.717) is 22.0 Å². The number of aromatic nitrogens is 1. The highest BCUT2D eigenvalue weighted by atomic mass is 32.1. The molecule has 5 nitrogen and oxygen atoms in total. The average Bonchev–Trinajstić information content (AvgIpc) is 3.40. The second-order valence-electron chi connectivity index (χ2n) is 9.93. The lowest BCUT2D eigenvalue weighted by atomic mass is 9.51. The van der Waals surface area contributed by atoms with E-state index in [0.717, 1.165) is 18.2 Å². The predicted octanol–water partition coefficient (Wildman–Crippen LogP) is 6.93. The van der Waals surface area contributed by atoms with Crippen LogP contribution >= 0.6 is 11.3 Å². The molecule has 2 heterocycles. The zero-order valence-corrected chi connectivity index (χ0v) is 21.0. The third-order valence-electron chi connectivity index (χ3n) is 8.21. The summed E-state index contributed by atoms with van der Waals surface area (Å²) in [5.74, 6) is 0.166. The molecule has 0 saturated heterocycles. The number of anilines is 1. The Balaban J connectivity index is 1.25. The highest BCUT2D eigenvalue weighted by Gasteiger charge is 2.55. The maximum atomic E-state index is 14.1. The third kappa shape index (κ3) is 3.25. The summed E-state index contributed by atoms with van der Waals surface area (Å²) >= 11 is 1.33. The maximum Gasteiger partial charge on any atom is 0.345 e. The number of para-hydroxylation sites is 1. The summed E-state index contributed by atoms with van der Waals surface area (Å²) in [5, 5.41) is 6.25. The van der Waals surface area contributed by atoms with Crippen molar-refractivity contribution in [2.75, 3.05) is 5.32 Å². The molecule has 1 amide bonds. The van der Waals surface area contributed by atoms with Gasteiger partial charge in [0.25, 0.3) is 0 Å². The van der Waals surface area contributed by atoms with Crippen LogP contribution in [0.25, 0.3) is 22.2 Å². The maximum absolute atomic E-state index is 14.1. The normalized spacial score (nSPS) is 21.4. The molecule has 0 aliphatic heterocycles. The van der Waals surface area contributed by atoms with Crippen LogP contribution < -0.4 is 10.9 Å². The number of hydrogen-bond donors (Lipinski definition) is 1. The average molecular weight is 505 g/mol. The van der Waals surface area contributed by atoms with Gasteiger partial charge in [0.1, 0.15) is 5.58 Å². The van der Waals surface area contributed by atoms with Crippen LogP contribution in [-0.4, -0.2) is 10.9 Å². The van der Waals surface area contributed by atoms with E-state index in [2.05, 4.69) is 65.8 Å². The molecule has 1 atom stereocenters. The molecule has 3 aliphatic carbocycles. The molecule has 3 aromatic carbocycles. The molecule has 5 aromatic rings. The Hall–Kier alpha value is -4.03. The van der Waals surface area contributed by atoms with E-state index in [1.807, 2.05) is 18.2 Å². The number of fused-ring (bicyclic) bond motifs is 2. The Labute approximate surface area is 217 Å². The van der Waals surface area contributed by atoms with Gasteiger partial charge in [0.2, 0.25) is 5.91 Å². The standard InChI is InChI=1S/C31H24N2O3S/c1-2-31(16-24-19-10-4-6-12-21(19)27(31)22-13-7-5-11-20(22)24)29(35)33-30-32-25(17-37-30)23-15-18-9-3-8-14-26(18)36-28(23)34/h3-15,17,24,27H,2,16H2,1H3,(H,32,33,35). The molecule has 0 fully saturated rings. The molecule has 2 bridgehead atoms. The van der Waals surface area contributed by atoms with Gasteiger partial charge in [-0.15, -0.1) is 11.3 Å². The molecule has 8 rings (SSSR count). The quantitative estimate of drug-likeness (QED) is 0.269. The second kappa shape index (κ2) is 8.25. The summed E-state index contributed by atoms with van der Waals surface area (Å²) in [5.41, 5.74) is 5.59. The summed E-state index contributed by atoms with van der Waals surface area (Å²) in [6.07, 6.45) is 1.48. The summed E-state index contributed by atoms with van der Waals surface area (Å²) in [6, 6.07) is 26.3. The minimum Gasteiger partial charge on any atom is -0.422 e. The van der Waals surface area contributed by atoms with E-state index < -0.39 is 11.0 Å². The van der Waals surface area contributed by atoms with E-state index in [1.54, 1.807) is 17.5 Å². The van der Waals surface area contributed by atoms with Gasteiger partial charge in [-0.25, -0.2) is 9.78 Å². The summed E-state index contributed by atoms with van der Waals surface area (Å²) in [7, 11) is 0. The van der Waals surface area contributed by atoms with Crippen molar-refractivity contribution in [2.45, 2.75) is 31.6 Å². The minimum absolute atomic E-state index is 0.0122. The van der Waals surface area contributed by atoms with Crippen LogP contribution in [0.4, 0.5) is 5.13 Å². The second-order valence-corrected chi connectivity index (χ2v) is 10.8. The zero-order chi connectivity index (χ0) is 25.1. The Morgan fingerprint density at radius 3 is 2.35 bits per heavy atom. The SMILES string of the molecule is CCC1(C(=O)Nc2nc(-c3cc4ccccc4oc3=O)cs2)CC2c3ccccc3C1c1ccccc12. The van der Waals surface area contributed by atoms with Gasteiger partial charge in [-0.2, -0.15) is 0 Å². The van der Waals surface area contributed by atoms with Gasteiger partial charge in [-0.3, -0.25) is 4.79 Å². The van der Waals surface area contributed by atoms with E-state index in [-0.39, 0.29) is 17.7 Å². The van der Waals surface area contributed by atoms with Crippen molar-refractivity contribution in [1.82, 2.24) is 4.98 Å². The molecule has 0 saturated carbocycles. The van der Waals surface area contributed by atoms with E-state index in [4.69, 9.17) is 4.42 Å². The van der Waals surface area contributed by atoms with Crippen molar-refractivity contribution in [3.63, 3.8) is 0 Å². The number of benzene rings is 3. The van der Waals surface area contributed by atoms with Gasteiger partial charge in [-0.05, 0) is 47.2 Å². The number of rotatable bonds is 4. The van der Waals surface area contributed by atoms with E-state index in [9.17, 15) is 9.59 Å². The fraction of sp³-hybridized carbons (Fsp3) is 0.194. The minimum atomic E-state index is -0.582. The van der Waals surface area contributed by atoms with Crippen molar-refractivity contribution in [1.29, 1.82) is 0 Å². The fourth-order valence-corrected chi connectivity index (χ4v) is 7.17. The van der Waals surface area contributed by atoms with Crippen LogP contribution in [0.1, 0.15) is 53.9 Å². The molecular weight excluding hydrogens is 480 g/mol. The first-order chi connectivity index (χ1) is 18.1. The molecule has 3 aliphatic rings. The van der Waals surface area contributed by atoms with Gasteiger partial charge >= 0.3 is 5.63 Å². The summed E-state index contributed by atoms with van der Waals surface area (Å²) in [6.45, 7) is 2.11. The van der Waals surface area contributed by atoms with Crippen LogP contribution in [0.15, 0.2) is 93.5 Å². The van der Waals surface area contributed by atoms with E-state index in [1.165, 1.54) is 33.6 Å². The molecule has 0 radical (unpaired) electrons. The predicted molar refractivity (Wildman–Crippen MR) is 146 cm³/mol. The van der Waals surface area contributed by atoms with Gasteiger partial charge < -0.3 is 9.73 Å². The molecule has 37 heavy (non-hydrogen) atoms. The highest BCUT2D eigenvalue weighted by molar-refractivity contribution is 7.14. The van der Waals surface area contributed by atoms with Crippen LogP contribution in [0.2, 0.25) is 0 Å². The monoisotopic (exact) mass is 504 g/mol. The lowest BCUT2D eigenvalue weighted by molar-refractivity contribution is -0.128. The Kier molecular flexibility index (Phi) is 4.95. The first-order valence-corrected chi connectivity index (χ1v) is 13.4. The number of nitrogens with zero attached hydrogens (tertiary/aromatic N) is 1. The third-order valence-corrected chi connectivity index (χ3v) is 8.97. The molecule has 6 heteroatoms. The molecule has 2 aromatic heterocycles. The number of nitrogens with one attached hydrogen (secondary N) is 1. The van der Waals surface area contributed by atoms with Crippen LogP contribution in [0, 0.1) is 5.41 Å². The van der Waals surface area contributed by atoms with Crippen molar-refractivity contribution >= 4 is 33.3 Å². The topological polar surface area (TPSA) is 72.2 Å². The largest absolute Gasteiger partial charge is 0.422 e. The van der Waals surface area contributed by atoms with Crippen molar-refractivity contribution in [3.05, 3.63) is 117 Å². The van der Waals surface area contributed by atoms with Crippen LogP contribution in [0.3, 0.4) is 0 Å². The zero-order valence-electron chi connectivity index (χ0n) is 20.2. The van der Waals surface area contributed by atoms with Gasteiger partial charge in [0.05, 0.1) is 16.7 Å². The van der Waals surface area contributed by atoms with Gasteiger partial charge in [0, 0.05) is 22.6 Å². The first kappa shape index (κ1) is 22.2. The molecule has 182 valence electrons. The molecule has 1 N–H and O–H groups in total. The van der Waals surface area contributed by atoms with Crippen LogP contribution in [-0.2, 0) is 4.79 Å². The molecule has 1 unspecified atom stereocenters. The summed E-state index contributed by atoms with van der Waals surface area (Å²) in [4.78, 5) is 31.4. The number of thiazole rings is 1. The smallest absolute Gasteiger partial charge is 0.345 e. The van der Waals surface area contributed by atoms with Crippen molar-refractivity contribution < 1.29 is 9.21 Å². The summed E-state index contributed by atoms with van der Waals surface area (Å²) < 4.78 is 5.49. The first-order valence-electron chi connectivity index (χ1n) is 12.6.